The number of nitrogens with zero attached hydrogens (tertiary/aromatic N) is 2. The van der Waals surface area contributed by atoms with Crippen LogP contribution in [0.25, 0.3) is 11.1 Å². The number of furan rings is 1. The second-order valence-electron chi connectivity index (χ2n) is 6.32. The minimum absolute atomic E-state index is 0.150. The van der Waals surface area contributed by atoms with Crippen LogP contribution in [0.3, 0.4) is 0 Å². The Hall–Kier alpha value is -3.28. The van der Waals surface area contributed by atoms with E-state index in [4.69, 9.17) is 8.83 Å². The maximum absolute atomic E-state index is 12.8. The quantitative estimate of drug-likeness (QED) is 0.591. The van der Waals surface area contributed by atoms with Crippen molar-refractivity contribution in [2.24, 2.45) is 0 Å². The van der Waals surface area contributed by atoms with E-state index in [1.807, 2.05) is 50.2 Å². The third kappa shape index (κ3) is 2.90. The first-order valence-corrected chi connectivity index (χ1v) is 8.39. The monoisotopic (exact) mass is 349 g/mol. The van der Waals surface area contributed by atoms with Crippen molar-refractivity contribution in [3.8, 4) is 0 Å². The highest BCUT2D eigenvalue weighted by Crippen LogP contribution is 2.22. The lowest BCUT2D eigenvalue weighted by molar-refractivity contribution is 0.102. The Morgan fingerprint density at radius 3 is 2.81 bits per heavy atom. The van der Waals surface area contributed by atoms with Crippen molar-refractivity contribution in [2.75, 3.05) is 5.32 Å². The Kier molecular flexibility index (Phi) is 3.88. The normalized spacial score (nSPS) is 11.2. The highest BCUT2D eigenvalue weighted by molar-refractivity contribution is 6.05. The van der Waals surface area contributed by atoms with Gasteiger partial charge in [-0.3, -0.25) is 4.79 Å². The summed E-state index contributed by atoms with van der Waals surface area (Å²) in [5.41, 5.74) is 4.67. The SMILES string of the molecule is Cc1nc2cc(NC(=O)c3cc(C)n(Cc4ccco4)c3C)ccc2o1. The van der Waals surface area contributed by atoms with Crippen molar-refractivity contribution in [3.05, 3.63) is 71.3 Å². The van der Waals surface area contributed by atoms with E-state index in [1.54, 1.807) is 13.2 Å². The first-order valence-electron chi connectivity index (χ1n) is 8.39. The molecular formula is C20H19N3O3. The van der Waals surface area contributed by atoms with Gasteiger partial charge in [0.25, 0.3) is 5.91 Å². The number of amides is 1. The van der Waals surface area contributed by atoms with Gasteiger partial charge in [-0.25, -0.2) is 4.98 Å². The van der Waals surface area contributed by atoms with E-state index in [0.717, 1.165) is 22.7 Å². The van der Waals surface area contributed by atoms with E-state index in [9.17, 15) is 4.79 Å². The minimum atomic E-state index is -0.150. The highest BCUT2D eigenvalue weighted by atomic mass is 16.3. The smallest absolute Gasteiger partial charge is 0.257 e. The predicted octanol–water partition coefficient (Wildman–Crippen LogP) is 4.45. The fourth-order valence-electron chi connectivity index (χ4n) is 3.15. The molecule has 3 heterocycles. The molecule has 0 fully saturated rings. The third-order valence-electron chi connectivity index (χ3n) is 4.46. The number of aromatic nitrogens is 2. The van der Waals surface area contributed by atoms with Crippen LogP contribution in [0.4, 0.5) is 5.69 Å². The van der Waals surface area contributed by atoms with Gasteiger partial charge in [-0.2, -0.15) is 0 Å². The zero-order chi connectivity index (χ0) is 18.3. The molecule has 4 rings (SSSR count). The van der Waals surface area contributed by atoms with E-state index in [-0.39, 0.29) is 5.91 Å². The maximum Gasteiger partial charge on any atom is 0.257 e. The molecule has 4 aromatic rings. The summed E-state index contributed by atoms with van der Waals surface area (Å²) in [4.78, 5) is 17.1. The van der Waals surface area contributed by atoms with Gasteiger partial charge in [0, 0.05) is 24.0 Å². The molecule has 1 N–H and O–H groups in total. The van der Waals surface area contributed by atoms with Crippen molar-refractivity contribution < 1.29 is 13.6 Å². The predicted molar refractivity (Wildman–Crippen MR) is 98.4 cm³/mol. The molecule has 6 heteroatoms. The summed E-state index contributed by atoms with van der Waals surface area (Å²) in [5, 5.41) is 2.94. The van der Waals surface area contributed by atoms with Crippen LogP contribution in [0.2, 0.25) is 0 Å². The zero-order valence-electron chi connectivity index (χ0n) is 14.9. The van der Waals surface area contributed by atoms with E-state index in [0.29, 0.717) is 29.3 Å². The van der Waals surface area contributed by atoms with Crippen LogP contribution in [-0.4, -0.2) is 15.5 Å². The van der Waals surface area contributed by atoms with Gasteiger partial charge in [0.2, 0.25) is 0 Å². The number of hydrogen-bond donors (Lipinski definition) is 1. The summed E-state index contributed by atoms with van der Waals surface area (Å²) in [6.45, 7) is 6.32. The fourth-order valence-corrected chi connectivity index (χ4v) is 3.15. The summed E-state index contributed by atoms with van der Waals surface area (Å²) in [7, 11) is 0. The van der Waals surface area contributed by atoms with Crippen LogP contribution in [-0.2, 0) is 6.54 Å². The number of aryl methyl sites for hydroxylation is 2. The molecule has 0 aliphatic heterocycles. The van der Waals surface area contributed by atoms with Crippen LogP contribution in [0.1, 0.15) is 33.4 Å². The standard InChI is InChI=1S/C20H19N3O3/c1-12-9-17(13(2)23(12)11-16-5-4-8-25-16)20(24)22-15-6-7-19-18(10-15)21-14(3)26-19/h4-10H,11H2,1-3H3,(H,22,24). The summed E-state index contributed by atoms with van der Waals surface area (Å²) < 4.78 is 13.0. The average Bonchev–Trinajstić information content (AvgIpc) is 3.30. The Balaban J connectivity index is 1.59. The molecule has 0 saturated heterocycles. The molecule has 0 aliphatic rings. The fraction of sp³-hybridized carbons (Fsp3) is 0.200. The van der Waals surface area contributed by atoms with Crippen LogP contribution in [0, 0.1) is 20.8 Å². The number of anilines is 1. The number of carbonyl (C=O) groups excluding carboxylic acids is 1. The Labute approximate surface area is 150 Å². The first-order chi connectivity index (χ1) is 12.5. The summed E-state index contributed by atoms with van der Waals surface area (Å²) >= 11 is 0. The third-order valence-corrected chi connectivity index (χ3v) is 4.46. The zero-order valence-corrected chi connectivity index (χ0v) is 14.9. The number of fused-ring (bicyclic) bond motifs is 1. The molecule has 0 aliphatic carbocycles. The van der Waals surface area contributed by atoms with Gasteiger partial charge < -0.3 is 18.7 Å². The first kappa shape index (κ1) is 16.2. The topological polar surface area (TPSA) is 73.2 Å². The van der Waals surface area contributed by atoms with Gasteiger partial charge in [0.15, 0.2) is 11.5 Å². The number of rotatable bonds is 4. The molecule has 132 valence electrons. The van der Waals surface area contributed by atoms with E-state index < -0.39 is 0 Å². The van der Waals surface area contributed by atoms with E-state index in [1.165, 1.54) is 0 Å². The summed E-state index contributed by atoms with van der Waals surface area (Å²) in [5.74, 6) is 1.30. The Bertz CT molecular complexity index is 1090. The molecule has 0 bridgehead atoms. The van der Waals surface area contributed by atoms with Crippen LogP contribution in [0.15, 0.2) is 51.5 Å². The van der Waals surface area contributed by atoms with Crippen LogP contribution in [0.5, 0.6) is 0 Å². The second kappa shape index (κ2) is 6.22. The average molecular weight is 349 g/mol. The molecule has 1 aromatic carbocycles. The molecular weight excluding hydrogens is 330 g/mol. The van der Waals surface area contributed by atoms with Crippen LogP contribution < -0.4 is 5.32 Å². The van der Waals surface area contributed by atoms with Gasteiger partial charge in [-0.05, 0) is 50.2 Å². The van der Waals surface area contributed by atoms with E-state index >= 15 is 0 Å². The van der Waals surface area contributed by atoms with Gasteiger partial charge in [0.05, 0.1) is 18.4 Å². The molecule has 0 radical (unpaired) electrons. The minimum Gasteiger partial charge on any atom is -0.467 e. The summed E-state index contributed by atoms with van der Waals surface area (Å²) in [6, 6.07) is 11.1. The second-order valence-corrected chi connectivity index (χ2v) is 6.32. The largest absolute Gasteiger partial charge is 0.467 e. The van der Waals surface area contributed by atoms with Gasteiger partial charge in [0.1, 0.15) is 11.3 Å². The van der Waals surface area contributed by atoms with Crippen molar-refractivity contribution in [1.82, 2.24) is 9.55 Å². The molecule has 0 saturated carbocycles. The lowest BCUT2D eigenvalue weighted by Gasteiger charge is -2.08. The van der Waals surface area contributed by atoms with Crippen LogP contribution >= 0.6 is 0 Å². The lowest BCUT2D eigenvalue weighted by atomic mass is 10.2. The van der Waals surface area contributed by atoms with Gasteiger partial charge >= 0.3 is 0 Å². The molecule has 1 amide bonds. The van der Waals surface area contributed by atoms with Crippen molar-refractivity contribution in [1.29, 1.82) is 0 Å². The molecule has 0 atom stereocenters. The van der Waals surface area contributed by atoms with Crippen molar-refractivity contribution >= 4 is 22.7 Å². The number of oxazole rings is 1. The van der Waals surface area contributed by atoms with Gasteiger partial charge in [-0.1, -0.05) is 0 Å². The molecule has 3 aromatic heterocycles. The van der Waals surface area contributed by atoms with Crippen molar-refractivity contribution in [3.63, 3.8) is 0 Å². The molecule has 26 heavy (non-hydrogen) atoms. The summed E-state index contributed by atoms with van der Waals surface area (Å²) in [6.07, 6.45) is 1.65. The van der Waals surface area contributed by atoms with Gasteiger partial charge in [-0.15, -0.1) is 0 Å². The Morgan fingerprint density at radius 1 is 1.19 bits per heavy atom. The number of carbonyl (C=O) groups is 1. The molecule has 0 spiro atoms. The number of nitrogens with one attached hydrogen (secondary N) is 1. The number of hydrogen-bond acceptors (Lipinski definition) is 4. The molecule has 0 unspecified atom stereocenters. The highest BCUT2D eigenvalue weighted by Gasteiger charge is 2.17. The molecule has 6 nitrogen and oxygen atoms in total. The lowest BCUT2D eigenvalue weighted by Crippen LogP contribution is -2.13. The number of benzene rings is 1. The van der Waals surface area contributed by atoms with E-state index in [2.05, 4.69) is 14.9 Å². The maximum atomic E-state index is 12.8. The van der Waals surface area contributed by atoms with Crippen molar-refractivity contribution in [2.45, 2.75) is 27.3 Å². The Morgan fingerprint density at radius 2 is 2.04 bits per heavy atom.